The molecule has 3 aromatic heterocycles. The molecule has 0 spiro atoms. The van der Waals surface area contributed by atoms with E-state index in [-0.39, 0.29) is 0 Å². The van der Waals surface area contributed by atoms with Crippen LogP contribution in [0.5, 0.6) is 11.5 Å². The first kappa shape index (κ1) is 22.7. The van der Waals surface area contributed by atoms with E-state index in [0.29, 0.717) is 13.2 Å². The van der Waals surface area contributed by atoms with Crippen LogP contribution in [0.2, 0.25) is 0 Å². The zero-order chi connectivity index (χ0) is 23.9. The van der Waals surface area contributed by atoms with Crippen molar-refractivity contribution in [3.05, 3.63) is 103 Å². The lowest BCUT2D eigenvalue weighted by Gasteiger charge is -2.09. The molecule has 7 heteroatoms. The lowest BCUT2D eigenvalue weighted by molar-refractivity contribution is 0.273. The van der Waals surface area contributed by atoms with Gasteiger partial charge in [-0.1, -0.05) is 12.1 Å². The van der Waals surface area contributed by atoms with Gasteiger partial charge in [-0.15, -0.1) is 0 Å². The number of pyridine rings is 1. The summed E-state index contributed by atoms with van der Waals surface area (Å²) in [7, 11) is 0. The van der Waals surface area contributed by atoms with Crippen molar-refractivity contribution >= 4 is 11.0 Å². The average molecular weight is 469 g/mol. The summed E-state index contributed by atoms with van der Waals surface area (Å²) >= 11 is 0. The standard InChI is InChI=1S/C28H28N4O3/c1-21-27(19-34-24-10-8-23(9-11-24)32-15-14-31-20-32)35-26-7-2-6-25(28(21)26)33-16-4-13-30-18-22-5-3-12-29-17-22/h2-3,5-12,14-15,17,20,30H,4,13,16,18-19H2,1H3. The first-order chi connectivity index (χ1) is 17.3. The number of imidazole rings is 1. The van der Waals surface area contributed by atoms with Gasteiger partial charge < -0.3 is 23.8 Å². The molecule has 1 N–H and O–H groups in total. The van der Waals surface area contributed by atoms with Crippen LogP contribution in [-0.2, 0) is 13.2 Å². The monoisotopic (exact) mass is 468 g/mol. The van der Waals surface area contributed by atoms with Gasteiger partial charge in [0.05, 0.1) is 18.3 Å². The van der Waals surface area contributed by atoms with E-state index >= 15 is 0 Å². The van der Waals surface area contributed by atoms with E-state index in [1.807, 2.05) is 65.5 Å². The zero-order valence-electron chi connectivity index (χ0n) is 19.7. The Balaban J connectivity index is 1.16. The highest BCUT2D eigenvalue weighted by atomic mass is 16.5. The van der Waals surface area contributed by atoms with Crippen LogP contribution in [0.1, 0.15) is 23.3 Å². The molecule has 0 saturated carbocycles. The fourth-order valence-electron chi connectivity index (χ4n) is 3.96. The number of furan rings is 1. The maximum Gasteiger partial charge on any atom is 0.146 e. The van der Waals surface area contributed by atoms with Gasteiger partial charge in [0, 0.05) is 42.6 Å². The fourth-order valence-corrected chi connectivity index (χ4v) is 3.96. The summed E-state index contributed by atoms with van der Waals surface area (Å²) < 4.78 is 20.2. The number of hydrogen-bond acceptors (Lipinski definition) is 6. The average Bonchev–Trinajstić information content (AvgIpc) is 3.55. The Hall–Kier alpha value is -4.10. The number of ether oxygens (including phenoxy) is 2. The summed E-state index contributed by atoms with van der Waals surface area (Å²) in [5.41, 5.74) is 4.06. The second kappa shape index (κ2) is 10.9. The number of nitrogens with zero attached hydrogens (tertiary/aromatic N) is 3. The van der Waals surface area contributed by atoms with E-state index in [1.165, 1.54) is 5.56 Å². The maximum absolute atomic E-state index is 6.12. The number of benzene rings is 2. The van der Waals surface area contributed by atoms with Crippen LogP contribution in [0.4, 0.5) is 0 Å². The Bertz CT molecular complexity index is 1350. The Morgan fingerprint density at radius 3 is 2.69 bits per heavy atom. The van der Waals surface area contributed by atoms with Crippen molar-refractivity contribution in [3.63, 3.8) is 0 Å². The quantitative estimate of drug-likeness (QED) is 0.260. The van der Waals surface area contributed by atoms with Gasteiger partial charge in [0.2, 0.25) is 0 Å². The van der Waals surface area contributed by atoms with Crippen LogP contribution in [0.25, 0.3) is 16.7 Å². The molecular weight excluding hydrogens is 440 g/mol. The molecule has 0 unspecified atom stereocenters. The molecule has 0 fully saturated rings. The van der Waals surface area contributed by atoms with Crippen LogP contribution in [0, 0.1) is 6.92 Å². The number of hydrogen-bond donors (Lipinski definition) is 1. The van der Waals surface area contributed by atoms with Crippen molar-refractivity contribution in [1.82, 2.24) is 19.9 Å². The summed E-state index contributed by atoms with van der Waals surface area (Å²) in [5, 5.41) is 4.43. The number of fused-ring (bicyclic) bond motifs is 1. The smallest absolute Gasteiger partial charge is 0.146 e. The Morgan fingerprint density at radius 2 is 1.89 bits per heavy atom. The highest BCUT2D eigenvalue weighted by molar-refractivity contribution is 5.88. The zero-order valence-corrected chi connectivity index (χ0v) is 19.7. The van der Waals surface area contributed by atoms with Crippen molar-refractivity contribution in [2.45, 2.75) is 26.5 Å². The van der Waals surface area contributed by atoms with Crippen LogP contribution >= 0.6 is 0 Å². The van der Waals surface area contributed by atoms with Gasteiger partial charge in [-0.2, -0.15) is 0 Å². The van der Waals surface area contributed by atoms with Gasteiger partial charge >= 0.3 is 0 Å². The second-order valence-electron chi connectivity index (χ2n) is 8.27. The molecule has 178 valence electrons. The number of aryl methyl sites for hydroxylation is 1. The van der Waals surface area contributed by atoms with Gasteiger partial charge in [0.25, 0.3) is 0 Å². The van der Waals surface area contributed by atoms with E-state index in [4.69, 9.17) is 13.9 Å². The van der Waals surface area contributed by atoms with Gasteiger partial charge in [0.1, 0.15) is 29.4 Å². The van der Waals surface area contributed by atoms with Crippen molar-refractivity contribution in [2.75, 3.05) is 13.2 Å². The fraction of sp³-hybridized carbons (Fsp3) is 0.214. The molecule has 3 heterocycles. The first-order valence-electron chi connectivity index (χ1n) is 11.7. The molecule has 0 amide bonds. The Kier molecular flexibility index (Phi) is 7.05. The third kappa shape index (κ3) is 5.53. The predicted octanol–water partition coefficient (Wildman–Crippen LogP) is 5.46. The summed E-state index contributed by atoms with van der Waals surface area (Å²) in [5.74, 6) is 2.42. The summed E-state index contributed by atoms with van der Waals surface area (Å²) in [4.78, 5) is 8.22. The highest BCUT2D eigenvalue weighted by Gasteiger charge is 2.15. The van der Waals surface area contributed by atoms with Crippen molar-refractivity contribution in [3.8, 4) is 17.2 Å². The largest absolute Gasteiger partial charge is 0.493 e. The predicted molar refractivity (Wildman–Crippen MR) is 135 cm³/mol. The SMILES string of the molecule is Cc1c(COc2ccc(-n3ccnc3)cc2)oc2cccc(OCCCNCc3cccnc3)c12. The molecule has 0 bridgehead atoms. The summed E-state index contributed by atoms with van der Waals surface area (Å²) in [6.45, 7) is 4.70. The molecule has 0 aliphatic rings. The first-order valence-corrected chi connectivity index (χ1v) is 11.7. The maximum atomic E-state index is 6.12. The molecule has 0 atom stereocenters. The molecule has 35 heavy (non-hydrogen) atoms. The highest BCUT2D eigenvalue weighted by Crippen LogP contribution is 2.33. The Labute approximate surface area is 204 Å². The molecular formula is C28H28N4O3. The minimum atomic E-state index is 0.350. The number of aromatic nitrogens is 3. The minimum absolute atomic E-state index is 0.350. The van der Waals surface area contributed by atoms with Crippen LogP contribution in [0.3, 0.4) is 0 Å². The molecule has 5 aromatic rings. The second-order valence-corrected chi connectivity index (χ2v) is 8.27. The molecule has 0 aliphatic carbocycles. The molecule has 0 aliphatic heterocycles. The van der Waals surface area contributed by atoms with E-state index in [2.05, 4.69) is 28.3 Å². The lowest BCUT2D eigenvalue weighted by atomic mass is 10.1. The summed E-state index contributed by atoms with van der Waals surface area (Å²) in [6.07, 6.45) is 10.0. The van der Waals surface area contributed by atoms with Gasteiger partial charge in [-0.3, -0.25) is 4.98 Å². The Morgan fingerprint density at radius 1 is 0.971 bits per heavy atom. The van der Waals surface area contributed by atoms with Crippen LogP contribution in [-0.4, -0.2) is 27.7 Å². The minimum Gasteiger partial charge on any atom is -0.493 e. The lowest BCUT2D eigenvalue weighted by Crippen LogP contribution is -2.17. The van der Waals surface area contributed by atoms with Crippen LogP contribution < -0.4 is 14.8 Å². The third-order valence-electron chi connectivity index (χ3n) is 5.83. The van der Waals surface area contributed by atoms with Crippen LogP contribution in [0.15, 0.2) is 90.1 Å². The molecule has 2 aromatic carbocycles. The summed E-state index contributed by atoms with van der Waals surface area (Å²) in [6, 6.07) is 17.8. The van der Waals surface area contributed by atoms with E-state index in [0.717, 1.165) is 59.0 Å². The number of nitrogens with one attached hydrogen (secondary N) is 1. The van der Waals surface area contributed by atoms with Gasteiger partial charge in [0.15, 0.2) is 0 Å². The topological polar surface area (TPSA) is 74.3 Å². The normalized spacial score (nSPS) is 11.1. The van der Waals surface area contributed by atoms with Crippen molar-refractivity contribution in [1.29, 1.82) is 0 Å². The molecule has 0 saturated heterocycles. The third-order valence-corrected chi connectivity index (χ3v) is 5.83. The molecule has 5 rings (SSSR count). The van der Waals surface area contributed by atoms with Crippen molar-refractivity contribution < 1.29 is 13.9 Å². The van der Waals surface area contributed by atoms with E-state index < -0.39 is 0 Å². The van der Waals surface area contributed by atoms with E-state index in [1.54, 1.807) is 18.7 Å². The van der Waals surface area contributed by atoms with Crippen molar-refractivity contribution in [2.24, 2.45) is 0 Å². The number of rotatable bonds is 11. The molecule has 7 nitrogen and oxygen atoms in total. The molecule has 0 radical (unpaired) electrons. The van der Waals surface area contributed by atoms with E-state index in [9.17, 15) is 0 Å². The van der Waals surface area contributed by atoms with Gasteiger partial charge in [-0.25, -0.2) is 4.98 Å². The van der Waals surface area contributed by atoms with Gasteiger partial charge in [-0.05, 0) is 67.9 Å².